The fraction of sp³-hybridized carbons (Fsp3) is 0.583. The van der Waals surface area contributed by atoms with Gasteiger partial charge >= 0.3 is 0 Å². The second-order valence-electron chi connectivity index (χ2n) is 3.18. The van der Waals surface area contributed by atoms with E-state index in [-0.39, 0.29) is 0 Å². The molecule has 0 aliphatic rings. The molecule has 0 heteroatoms. The Balaban J connectivity index is 3.83. The van der Waals surface area contributed by atoms with Gasteiger partial charge < -0.3 is 0 Å². The van der Waals surface area contributed by atoms with E-state index in [1.807, 2.05) is 0 Å². The first kappa shape index (κ1) is 11.5. The molecule has 0 rings (SSSR count). The van der Waals surface area contributed by atoms with Crippen molar-refractivity contribution in [1.82, 2.24) is 0 Å². The van der Waals surface area contributed by atoms with Crippen LogP contribution >= 0.6 is 0 Å². The van der Waals surface area contributed by atoms with E-state index in [0.717, 1.165) is 12.8 Å². The molecule has 0 amide bonds. The first-order valence-corrected chi connectivity index (χ1v) is 4.89. The van der Waals surface area contributed by atoms with Crippen LogP contribution in [-0.4, -0.2) is 0 Å². The van der Waals surface area contributed by atoms with Crippen LogP contribution in [0.4, 0.5) is 0 Å². The van der Waals surface area contributed by atoms with Gasteiger partial charge in [0.25, 0.3) is 0 Å². The summed E-state index contributed by atoms with van der Waals surface area (Å²) in [4.78, 5) is 0. The van der Waals surface area contributed by atoms with Crippen LogP contribution in [0.1, 0.15) is 40.5 Å². The molecule has 12 heavy (non-hydrogen) atoms. The number of allylic oxidation sites excluding steroid dienone is 4. The number of hydrogen-bond acceptors (Lipinski definition) is 0. The van der Waals surface area contributed by atoms with Crippen molar-refractivity contribution in [2.24, 2.45) is 5.92 Å². The molecule has 0 N–H and O–H groups in total. The molecule has 0 saturated carbocycles. The van der Waals surface area contributed by atoms with Gasteiger partial charge in [-0.05, 0) is 18.8 Å². The van der Waals surface area contributed by atoms with E-state index in [4.69, 9.17) is 0 Å². The maximum Gasteiger partial charge on any atom is 0.000731 e. The first-order valence-electron chi connectivity index (χ1n) is 4.89. The Bertz CT molecular complexity index is 124. The van der Waals surface area contributed by atoms with E-state index in [1.54, 1.807) is 0 Å². The molecular weight excluding hydrogens is 144 g/mol. The van der Waals surface area contributed by atoms with Gasteiger partial charge in [-0.2, -0.15) is 0 Å². The van der Waals surface area contributed by atoms with E-state index in [2.05, 4.69) is 52.0 Å². The average Bonchev–Trinajstić information content (AvgIpc) is 2.10. The van der Waals surface area contributed by atoms with Crippen LogP contribution in [-0.2, 0) is 0 Å². The van der Waals surface area contributed by atoms with Crippen LogP contribution in [0.3, 0.4) is 0 Å². The Morgan fingerprint density at radius 2 is 1.75 bits per heavy atom. The van der Waals surface area contributed by atoms with Crippen molar-refractivity contribution in [3.63, 3.8) is 0 Å². The van der Waals surface area contributed by atoms with Crippen molar-refractivity contribution in [2.75, 3.05) is 0 Å². The highest BCUT2D eigenvalue weighted by molar-refractivity contribution is 5.14. The summed E-state index contributed by atoms with van der Waals surface area (Å²) in [5.41, 5.74) is 0. The predicted molar refractivity (Wildman–Crippen MR) is 56.9 cm³/mol. The number of hydrogen-bond donors (Lipinski definition) is 0. The van der Waals surface area contributed by atoms with E-state index in [0.29, 0.717) is 5.92 Å². The van der Waals surface area contributed by atoms with Crippen LogP contribution in [0.25, 0.3) is 0 Å². The molecule has 0 aromatic heterocycles. The van der Waals surface area contributed by atoms with Gasteiger partial charge in [0.1, 0.15) is 0 Å². The van der Waals surface area contributed by atoms with Crippen LogP contribution in [0.15, 0.2) is 24.3 Å². The SMILES string of the molecule is CC/C=C\[C](C)C(C)/C=C/CC. The van der Waals surface area contributed by atoms with E-state index in [9.17, 15) is 0 Å². The maximum absolute atomic E-state index is 2.27. The molecular formula is C12H21. The molecule has 0 aromatic rings. The molecule has 0 heterocycles. The third kappa shape index (κ3) is 5.17. The highest BCUT2D eigenvalue weighted by Crippen LogP contribution is 2.16. The Kier molecular flexibility index (Phi) is 6.84. The van der Waals surface area contributed by atoms with Crippen LogP contribution in [0, 0.1) is 11.8 Å². The minimum Gasteiger partial charge on any atom is -0.0885 e. The van der Waals surface area contributed by atoms with Crippen molar-refractivity contribution < 1.29 is 0 Å². The molecule has 0 fully saturated rings. The van der Waals surface area contributed by atoms with Crippen LogP contribution < -0.4 is 0 Å². The zero-order chi connectivity index (χ0) is 9.40. The van der Waals surface area contributed by atoms with Crippen molar-refractivity contribution in [3.8, 4) is 0 Å². The first-order chi connectivity index (χ1) is 5.72. The van der Waals surface area contributed by atoms with Gasteiger partial charge in [-0.3, -0.25) is 0 Å². The highest BCUT2D eigenvalue weighted by Gasteiger charge is 2.04. The molecule has 0 saturated heterocycles. The van der Waals surface area contributed by atoms with Gasteiger partial charge in [0.05, 0.1) is 0 Å². The van der Waals surface area contributed by atoms with E-state index < -0.39 is 0 Å². The molecule has 0 aliphatic heterocycles. The third-order valence-electron chi connectivity index (χ3n) is 2.00. The third-order valence-corrected chi connectivity index (χ3v) is 2.00. The zero-order valence-corrected chi connectivity index (χ0v) is 8.80. The lowest BCUT2D eigenvalue weighted by atomic mass is 9.95. The smallest absolute Gasteiger partial charge is 0.000731 e. The predicted octanol–water partition coefficient (Wildman–Crippen LogP) is 4.15. The number of rotatable bonds is 5. The summed E-state index contributed by atoms with van der Waals surface area (Å²) in [6.45, 7) is 8.76. The average molecular weight is 165 g/mol. The highest BCUT2D eigenvalue weighted by atomic mass is 14.1. The molecule has 0 spiro atoms. The van der Waals surface area contributed by atoms with Crippen molar-refractivity contribution in [3.05, 3.63) is 30.2 Å². The largest absolute Gasteiger partial charge is 0.0885 e. The fourth-order valence-corrected chi connectivity index (χ4v) is 0.948. The minimum absolute atomic E-state index is 0.591. The lowest BCUT2D eigenvalue weighted by Crippen LogP contribution is -1.98. The van der Waals surface area contributed by atoms with Crippen LogP contribution in [0.5, 0.6) is 0 Å². The Hall–Kier alpha value is -0.520. The van der Waals surface area contributed by atoms with Crippen LogP contribution in [0.2, 0.25) is 0 Å². The van der Waals surface area contributed by atoms with Gasteiger partial charge in [-0.25, -0.2) is 0 Å². The summed E-state index contributed by atoms with van der Waals surface area (Å²) >= 11 is 0. The fourth-order valence-electron chi connectivity index (χ4n) is 0.948. The van der Waals surface area contributed by atoms with Gasteiger partial charge in [-0.15, -0.1) is 0 Å². The molecule has 69 valence electrons. The summed E-state index contributed by atoms with van der Waals surface area (Å²) in [7, 11) is 0. The van der Waals surface area contributed by atoms with Gasteiger partial charge in [-0.1, -0.05) is 52.0 Å². The normalized spacial score (nSPS) is 15.1. The Morgan fingerprint density at radius 1 is 1.17 bits per heavy atom. The van der Waals surface area contributed by atoms with Gasteiger partial charge in [0.2, 0.25) is 0 Å². The monoisotopic (exact) mass is 165 g/mol. The Labute approximate surface area is 77.4 Å². The Morgan fingerprint density at radius 3 is 2.25 bits per heavy atom. The summed E-state index contributed by atoms with van der Waals surface area (Å²) in [5, 5.41) is 0. The second-order valence-corrected chi connectivity index (χ2v) is 3.18. The maximum atomic E-state index is 2.27. The molecule has 0 aromatic carbocycles. The quantitative estimate of drug-likeness (QED) is 0.537. The topological polar surface area (TPSA) is 0 Å². The van der Waals surface area contributed by atoms with Gasteiger partial charge in [0.15, 0.2) is 0 Å². The molecule has 0 aliphatic carbocycles. The molecule has 0 bridgehead atoms. The summed E-state index contributed by atoms with van der Waals surface area (Å²) in [5.74, 6) is 2.04. The minimum atomic E-state index is 0.591. The molecule has 1 unspecified atom stereocenters. The second kappa shape index (κ2) is 7.15. The lowest BCUT2D eigenvalue weighted by Gasteiger charge is -2.10. The molecule has 0 nitrogen and oxygen atoms in total. The zero-order valence-electron chi connectivity index (χ0n) is 8.80. The van der Waals surface area contributed by atoms with Crippen molar-refractivity contribution in [2.45, 2.75) is 40.5 Å². The summed E-state index contributed by atoms with van der Waals surface area (Å²) < 4.78 is 0. The van der Waals surface area contributed by atoms with E-state index in [1.165, 1.54) is 5.92 Å². The summed E-state index contributed by atoms with van der Waals surface area (Å²) in [6, 6.07) is 0. The van der Waals surface area contributed by atoms with Crippen molar-refractivity contribution >= 4 is 0 Å². The lowest BCUT2D eigenvalue weighted by molar-refractivity contribution is 0.776. The van der Waals surface area contributed by atoms with Gasteiger partial charge in [0, 0.05) is 5.92 Å². The standard InChI is InChI=1S/C12H21/c1-5-7-9-11(3)12(4)10-8-6-2/h7-11H,5-6H2,1-4H3/b9-7+,10-8-. The summed E-state index contributed by atoms with van der Waals surface area (Å²) in [6.07, 6.45) is 11.2. The molecule has 1 radical (unpaired) electrons. The van der Waals surface area contributed by atoms with Crippen molar-refractivity contribution in [1.29, 1.82) is 0 Å². The van der Waals surface area contributed by atoms with E-state index >= 15 is 0 Å². The molecule has 1 atom stereocenters.